The van der Waals surface area contributed by atoms with E-state index in [0.717, 1.165) is 12.8 Å². The van der Waals surface area contributed by atoms with Crippen molar-refractivity contribution < 1.29 is 4.79 Å². The molecule has 0 N–H and O–H groups in total. The van der Waals surface area contributed by atoms with E-state index in [0.29, 0.717) is 18.7 Å². The van der Waals surface area contributed by atoms with Crippen LogP contribution in [0.3, 0.4) is 0 Å². The van der Waals surface area contributed by atoms with E-state index in [1.807, 2.05) is 11.2 Å². The lowest BCUT2D eigenvalue weighted by Gasteiger charge is -2.36. The Kier molecular flexibility index (Phi) is 3.87. The maximum absolute atomic E-state index is 12.2. The van der Waals surface area contributed by atoms with Gasteiger partial charge >= 0.3 is 0 Å². The van der Waals surface area contributed by atoms with Crippen LogP contribution in [0, 0.1) is 11.3 Å². The fourth-order valence-corrected chi connectivity index (χ4v) is 2.79. The van der Waals surface area contributed by atoms with Crippen molar-refractivity contribution in [2.45, 2.75) is 17.6 Å². The molecule has 0 atom stereocenters. The van der Waals surface area contributed by atoms with Gasteiger partial charge in [0.15, 0.2) is 0 Å². The quantitative estimate of drug-likeness (QED) is 0.816. The summed E-state index contributed by atoms with van der Waals surface area (Å²) in [7, 11) is 0. The van der Waals surface area contributed by atoms with Crippen molar-refractivity contribution in [1.29, 1.82) is 5.26 Å². The highest BCUT2D eigenvalue weighted by Crippen LogP contribution is 2.34. The normalized spacial score (nSPS) is 18.1. The molecule has 2 rings (SSSR count). The first-order chi connectivity index (χ1) is 8.71. The summed E-state index contributed by atoms with van der Waals surface area (Å²) in [6.07, 6.45) is 6.68. The highest BCUT2D eigenvalue weighted by atomic mass is 32.2. The van der Waals surface area contributed by atoms with Crippen molar-refractivity contribution >= 4 is 17.7 Å². The molecule has 0 unspecified atom stereocenters. The molecule has 0 saturated carbocycles. The first kappa shape index (κ1) is 12.9. The number of nitriles is 1. The van der Waals surface area contributed by atoms with Gasteiger partial charge in [-0.05, 0) is 31.2 Å². The molecule has 4 nitrogen and oxygen atoms in total. The number of carbonyl (C=O) groups is 1. The molecule has 94 valence electrons. The Morgan fingerprint density at radius 2 is 2.06 bits per heavy atom. The van der Waals surface area contributed by atoms with Crippen molar-refractivity contribution in [2.75, 3.05) is 19.3 Å². The summed E-state index contributed by atoms with van der Waals surface area (Å²) in [5.74, 6) is 0.0324. The zero-order chi connectivity index (χ0) is 13.0. The van der Waals surface area contributed by atoms with E-state index >= 15 is 0 Å². The first-order valence-corrected chi connectivity index (χ1v) is 7.09. The van der Waals surface area contributed by atoms with E-state index in [4.69, 9.17) is 0 Å². The first-order valence-electron chi connectivity index (χ1n) is 5.86. The molecule has 0 aromatic carbocycles. The van der Waals surface area contributed by atoms with Crippen LogP contribution in [-0.4, -0.2) is 39.9 Å². The molecule has 2 heterocycles. The minimum atomic E-state index is -0.310. The van der Waals surface area contributed by atoms with Gasteiger partial charge in [0, 0.05) is 31.0 Å². The minimum Gasteiger partial charge on any atom is -0.338 e. The summed E-state index contributed by atoms with van der Waals surface area (Å²) < 4.78 is -0.310. The van der Waals surface area contributed by atoms with Gasteiger partial charge in [-0.15, -0.1) is 11.8 Å². The van der Waals surface area contributed by atoms with Gasteiger partial charge < -0.3 is 4.90 Å². The second-order valence-electron chi connectivity index (χ2n) is 4.34. The SMILES string of the molecule is CSC1(C#N)CCN(C(=O)c2ccncc2)CC1. The summed E-state index contributed by atoms with van der Waals surface area (Å²) in [6, 6.07) is 5.83. The highest BCUT2D eigenvalue weighted by Gasteiger charge is 2.35. The third kappa shape index (κ3) is 2.49. The van der Waals surface area contributed by atoms with Crippen molar-refractivity contribution in [2.24, 2.45) is 0 Å². The Morgan fingerprint density at radius 1 is 1.44 bits per heavy atom. The van der Waals surface area contributed by atoms with E-state index in [2.05, 4.69) is 11.1 Å². The van der Waals surface area contributed by atoms with Crippen LogP contribution in [0.25, 0.3) is 0 Å². The zero-order valence-corrected chi connectivity index (χ0v) is 11.1. The smallest absolute Gasteiger partial charge is 0.253 e. The summed E-state index contributed by atoms with van der Waals surface area (Å²) >= 11 is 1.59. The van der Waals surface area contributed by atoms with Crippen molar-refractivity contribution in [1.82, 2.24) is 9.88 Å². The Morgan fingerprint density at radius 3 is 2.56 bits per heavy atom. The number of rotatable bonds is 2. The molecule has 1 aliphatic rings. The molecule has 1 aromatic heterocycles. The molecule has 1 saturated heterocycles. The maximum atomic E-state index is 12.2. The fourth-order valence-electron chi connectivity index (χ4n) is 2.11. The number of likely N-dealkylation sites (tertiary alicyclic amines) is 1. The molecule has 0 aliphatic carbocycles. The summed E-state index contributed by atoms with van der Waals surface area (Å²) in [4.78, 5) is 17.9. The molecular weight excluding hydrogens is 246 g/mol. The van der Waals surface area contributed by atoms with Crippen LogP contribution < -0.4 is 0 Å². The van der Waals surface area contributed by atoms with Crippen LogP contribution in [0.2, 0.25) is 0 Å². The molecule has 0 bridgehead atoms. The Bertz CT molecular complexity index is 461. The van der Waals surface area contributed by atoms with Crippen LogP contribution in [0.1, 0.15) is 23.2 Å². The third-order valence-corrected chi connectivity index (χ3v) is 4.66. The standard InChI is InChI=1S/C13H15N3OS/c1-18-13(10-14)4-8-16(9-5-13)12(17)11-2-6-15-7-3-11/h2-3,6-7H,4-5,8-9H2,1H3. The Balaban J connectivity index is 2.03. The van der Waals surface area contributed by atoms with Gasteiger partial charge in [-0.25, -0.2) is 0 Å². The summed E-state index contributed by atoms with van der Waals surface area (Å²) in [5.41, 5.74) is 0.665. The van der Waals surface area contributed by atoms with Gasteiger partial charge in [-0.2, -0.15) is 5.26 Å². The van der Waals surface area contributed by atoms with Crippen molar-refractivity contribution in [3.05, 3.63) is 30.1 Å². The van der Waals surface area contributed by atoms with E-state index in [-0.39, 0.29) is 10.7 Å². The van der Waals surface area contributed by atoms with Gasteiger partial charge in [0.05, 0.1) is 6.07 Å². The molecule has 0 radical (unpaired) electrons. The van der Waals surface area contributed by atoms with Crippen LogP contribution in [-0.2, 0) is 0 Å². The lowest BCUT2D eigenvalue weighted by atomic mass is 9.97. The second-order valence-corrected chi connectivity index (χ2v) is 5.53. The zero-order valence-electron chi connectivity index (χ0n) is 10.3. The molecular formula is C13H15N3OS. The summed E-state index contributed by atoms with van der Waals surface area (Å²) in [6.45, 7) is 1.30. The van der Waals surface area contributed by atoms with Gasteiger partial charge in [0.1, 0.15) is 4.75 Å². The molecule has 1 fully saturated rings. The lowest BCUT2D eigenvalue weighted by Crippen LogP contribution is -2.44. The number of aromatic nitrogens is 1. The van der Waals surface area contributed by atoms with Crippen LogP contribution in [0.4, 0.5) is 0 Å². The average molecular weight is 261 g/mol. The number of hydrogen-bond acceptors (Lipinski definition) is 4. The molecule has 1 amide bonds. The van der Waals surface area contributed by atoms with Gasteiger partial charge in [-0.3, -0.25) is 9.78 Å². The van der Waals surface area contributed by atoms with E-state index in [1.165, 1.54) is 0 Å². The van der Waals surface area contributed by atoms with Crippen molar-refractivity contribution in [3.8, 4) is 6.07 Å². The largest absolute Gasteiger partial charge is 0.338 e. The monoisotopic (exact) mass is 261 g/mol. The third-order valence-electron chi connectivity index (χ3n) is 3.38. The van der Waals surface area contributed by atoms with Gasteiger partial charge in [0.25, 0.3) is 5.91 Å². The van der Waals surface area contributed by atoms with E-state index in [9.17, 15) is 10.1 Å². The lowest BCUT2D eigenvalue weighted by molar-refractivity contribution is 0.0716. The van der Waals surface area contributed by atoms with E-state index < -0.39 is 0 Å². The average Bonchev–Trinajstić information content (AvgIpc) is 2.47. The number of pyridine rings is 1. The van der Waals surface area contributed by atoms with Gasteiger partial charge in [0.2, 0.25) is 0 Å². The number of hydrogen-bond donors (Lipinski definition) is 0. The number of thioether (sulfide) groups is 1. The molecule has 5 heteroatoms. The minimum absolute atomic E-state index is 0.0324. The van der Waals surface area contributed by atoms with E-state index in [1.54, 1.807) is 36.3 Å². The van der Waals surface area contributed by atoms with Crippen LogP contribution >= 0.6 is 11.8 Å². The number of piperidine rings is 1. The molecule has 18 heavy (non-hydrogen) atoms. The number of carbonyl (C=O) groups excluding carboxylic acids is 1. The van der Waals surface area contributed by atoms with Crippen LogP contribution in [0.15, 0.2) is 24.5 Å². The second kappa shape index (κ2) is 5.40. The number of nitrogens with zero attached hydrogens (tertiary/aromatic N) is 3. The fraction of sp³-hybridized carbons (Fsp3) is 0.462. The maximum Gasteiger partial charge on any atom is 0.253 e. The molecule has 1 aliphatic heterocycles. The number of amides is 1. The topological polar surface area (TPSA) is 57.0 Å². The predicted octanol–water partition coefficient (Wildman–Crippen LogP) is 1.94. The highest BCUT2D eigenvalue weighted by molar-refractivity contribution is 8.00. The summed E-state index contributed by atoms with van der Waals surface area (Å²) in [5, 5.41) is 9.20. The Labute approximate surface area is 111 Å². The molecule has 1 aromatic rings. The van der Waals surface area contributed by atoms with Crippen molar-refractivity contribution in [3.63, 3.8) is 0 Å². The van der Waals surface area contributed by atoms with Gasteiger partial charge in [-0.1, -0.05) is 0 Å². The molecule has 0 spiro atoms. The predicted molar refractivity (Wildman–Crippen MR) is 71.2 cm³/mol. The van der Waals surface area contributed by atoms with Crippen LogP contribution in [0.5, 0.6) is 0 Å². The Hall–Kier alpha value is -1.54.